The number of allylic oxidation sites excluding steroid dienone is 2. The van der Waals surface area contributed by atoms with Crippen molar-refractivity contribution in [2.45, 2.75) is 0 Å². The van der Waals surface area contributed by atoms with Crippen LogP contribution in [0, 0.1) is 0 Å². The second-order valence-corrected chi connectivity index (χ2v) is 4.63. The molecular formula is C17H14N2O. The lowest BCUT2D eigenvalue weighted by atomic mass is 10.0. The second kappa shape index (κ2) is 5.05. The van der Waals surface area contributed by atoms with E-state index in [-0.39, 0.29) is 0 Å². The highest BCUT2D eigenvalue weighted by molar-refractivity contribution is 5.97. The predicted octanol–water partition coefficient (Wildman–Crippen LogP) is 3.74. The van der Waals surface area contributed by atoms with Crippen molar-refractivity contribution in [3.63, 3.8) is 0 Å². The molecule has 0 fully saturated rings. The van der Waals surface area contributed by atoms with Gasteiger partial charge in [-0.2, -0.15) is 0 Å². The number of fused-ring (bicyclic) bond motifs is 1. The molecule has 0 atom stereocenters. The van der Waals surface area contributed by atoms with Gasteiger partial charge in [0.1, 0.15) is 0 Å². The molecule has 0 unspecified atom stereocenters. The molecule has 0 heterocycles. The van der Waals surface area contributed by atoms with Crippen molar-refractivity contribution < 1.29 is 4.79 Å². The number of carbonyl (C=O) groups excluding carboxylic acids is 1. The van der Waals surface area contributed by atoms with E-state index in [9.17, 15) is 4.79 Å². The van der Waals surface area contributed by atoms with Gasteiger partial charge in [-0.05, 0) is 40.5 Å². The average Bonchev–Trinajstić information content (AvgIpc) is 2.84. The number of urea groups is 1. The highest BCUT2D eigenvalue weighted by Gasteiger charge is 2.08. The van der Waals surface area contributed by atoms with E-state index in [1.807, 2.05) is 36.4 Å². The normalized spacial score (nSPS) is 14.3. The summed E-state index contributed by atoms with van der Waals surface area (Å²) in [5.41, 5.74) is 10.5. The Morgan fingerprint density at radius 2 is 1.75 bits per heavy atom. The number of anilines is 1. The minimum Gasteiger partial charge on any atom is -0.351 e. The zero-order valence-corrected chi connectivity index (χ0v) is 10.8. The summed E-state index contributed by atoms with van der Waals surface area (Å²) in [6.07, 6.45) is 6.35. The van der Waals surface area contributed by atoms with Crippen LogP contribution < -0.4 is 11.1 Å². The Morgan fingerprint density at radius 3 is 2.50 bits per heavy atom. The van der Waals surface area contributed by atoms with Crippen molar-refractivity contribution in [2.75, 3.05) is 5.32 Å². The monoisotopic (exact) mass is 262 g/mol. The molecule has 0 saturated heterocycles. The van der Waals surface area contributed by atoms with E-state index in [0.29, 0.717) is 5.69 Å². The van der Waals surface area contributed by atoms with Crippen LogP contribution in [0.5, 0.6) is 0 Å². The lowest BCUT2D eigenvalue weighted by Gasteiger charge is -2.03. The Labute approximate surface area is 117 Å². The lowest BCUT2D eigenvalue weighted by Crippen LogP contribution is -2.19. The molecule has 98 valence electrons. The minimum atomic E-state index is -0.552. The van der Waals surface area contributed by atoms with Crippen LogP contribution in [0.15, 0.2) is 54.6 Å². The molecule has 0 bridgehead atoms. The molecule has 1 aliphatic rings. The molecule has 3 heteroatoms. The first-order valence-electron chi connectivity index (χ1n) is 6.38. The van der Waals surface area contributed by atoms with E-state index in [2.05, 4.69) is 35.7 Å². The van der Waals surface area contributed by atoms with Crippen LogP contribution in [0.1, 0.15) is 16.7 Å². The first-order chi connectivity index (χ1) is 9.72. The molecule has 0 spiro atoms. The van der Waals surface area contributed by atoms with Crippen molar-refractivity contribution in [3.8, 4) is 0 Å². The van der Waals surface area contributed by atoms with Crippen LogP contribution in [-0.2, 0) is 0 Å². The summed E-state index contributed by atoms with van der Waals surface area (Å²) in [7, 11) is 0. The number of hydrogen-bond acceptors (Lipinski definition) is 1. The van der Waals surface area contributed by atoms with Gasteiger partial charge in [-0.3, -0.25) is 0 Å². The molecular weight excluding hydrogens is 248 g/mol. The van der Waals surface area contributed by atoms with Crippen molar-refractivity contribution in [1.82, 2.24) is 0 Å². The number of amides is 2. The zero-order chi connectivity index (χ0) is 13.9. The quantitative estimate of drug-likeness (QED) is 0.851. The largest absolute Gasteiger partial charge is 0.351 e. The topological polar surface area (TPSA) is 55.1 Å². The Kier molecular flexibility index (Phi) is 3.09. The summed E-state index contributed by atoms with van der Waals surface area (Å²) in [5.74, 6) is 0. The first-order valence-corrected chi connectivity index (χ1v) is 6.38. The van der Waals surface area contributed by atoms with E-state index < -0.39 is 6.03 Å². The van der Waals surface area contributed by atoms with Gasteiger partial charge in [0.05, 0.1) is 0 Å². The summed E-state index contributed by atoms with van der Waals surface area (Å²) < 4.78 is 0. The van der Waals surface area contributed by atoms with Crippen LogP contribution in [0.3, 0.4) is 0 Å². The van der Waals surface area contributed by atoms with Crippen LogP contribution in [0.2, 0.25) is 0 Å². The molecule has 1 aliphatic carbocycles. The van der Waals surface area contributed by atoms with Gasteiger partial charge in [0.25, 0.3) is 0 Å². The van der Waals surface area contributed by atoms with E-state index in [1.165, 1.54) is 16.7 Å². The lowest BCUT2D eigenvalue weighted by molar-refractivity contribution is 0.259. The number of rotatable bonds is 2. The molecule has 0 radical (unpaired) electrons. The molecule has 2 aromatic rings. The summed E-state index contributed by atoms with van der Waals surface area (Å²) in [6.45, 7) is 0. The summed E-state index contributed by atoms with van der Waals surface area (Å²) in [5, 5.41) is 2.55. The Morgan fingerprint density at radius 1 is 1.00 bits per heavy atom. The molecule has 2 aromatic carbocycles. The van der Waals surface area contributed by atoms with Gasteiger partial charge in [0.15, 0.2) is 0 Å². The summed E-state index contributed by atoms with van der Waals surface area (Å²) in [6, 6.07) is 15.3. The number of hydrogen-bond donors (Lipinski definition) is 2. The Bertz CT molecular complexity index is 712. The van der Waals surface area contributed by atoms with Gasteiger partial charge in [-0.15, -0.1) is 0 Å². The fourth-order valence-electron chi connectivity index (χ4n) is 2.28. The maximum absolute atomic E-state index is 10.8. The van der Waals surface area contributed by atoms with Crippen molar-refractivity contribution in [1.29, 1.82) is 0 Å². The van der Waals surface area contributed by atoms with Crippen LogP contribution in [0.4, 0.5) is 10.5 Å². The SMILES string of the molecule is NC(=O)Nc1ccc(/C=C2/C=Cc3ccccc32)cc1. The smallest absolute Gasteiger partial charge is 0.316 e. The Hall–Kier alpha value is -2.81. The van der Waals surface area contributed by atoms with Crippen molar-refractivity contribution in [2.24, 2.45) is 5.73 Å². The number of nitrogens with one attached hydrogen (secondary N) is 1. The maximum Gasteiger partial charge on any atom is 0.316 e. The number of carbonyl (C=O) groups is 1. The highest BCUT2D eigenvalue weighted by Crippen LogP contribution is 2.30. The van der Waals surface area contributed by atoms with Crippen LogP contribution >= 0.6 is 0 Å². The number of nitrogens with two attached hydrogens (primary N) is 1. The Balaban J connectivity index is 1.87. The third-order valence-electron chi connectivity index (χ3n) is 3.21. The number of benzene rings is 2. The second-order valence-electron chi connectivity index (χ2n) is 4.63. The van der Waals surface area contributed by atoms with Crippen LogP contribution in [-0.4, -0.2) is 6.03 Å². The highest BCUT2D eigenvalue weighted by atomic mass is 16.2. The van der Waals surface area contributed by atoms with E-state index >= 15 is 0 Å². The summed E-state index contributed by atoms with van der Waals surface area (Å²) >= 11 is 0. The van der Waals surface area contributed by atoms with Gasteiger partial charge in [0, 0.05) is 5.69 Å². The van der Waals surface area contributed by atoms with E-state index in [0.717, 1.165) is 5.56 Å². The molecule has 3 N–H and O–H groups in total. The van der Waals surface area contributed by atoms with Crippen molar-refractivity contribution in [3.05, 3.63) is 71.3 Å². The van der Waals surface area contributed by atoms with E-state index in [4.69, 9.17) is 5.73 Å². The van der Waals surface area contributed by atoms with Crippen molar-refractivity contribution >= 4 is 29.4 Å². The average molecular weight is 262 g/mol. The first kappa shape index (κ1) is 12.2. The maximum atomic E-state index is 10.8. The standard InChI is InChI=1S/C17H14N2O/c18-17(20)19-15-9-5-12(6-10-15)11-14-8-7-13-3-1-2-4-16(13)14/h1-11H,(H3,18,19,20)/b14-11-. The molecule has 0 aromatic heterocycles. The number of primary amides is 1. The van der Waals surface area contributed by atoms with Gasteiger partial charge in [0.2, 0.25) is 0 Å². The molecule has 0 saturated carbocycles. The van der Waals surface area contributed by atoms with E-state index in [1.54, 1.807) is 0 Å². The fourth-order valence-corrected chi connectivity index (χ4v) is 2.28. The third-order valence-corrected chi connectivity index (χ3v) is 3.21. The molecule has 20 heavy (non-hydrogen) atoms. The van der Waals surface area contributed by atoms with Gasteiger partial charge in [-0.1, -0.05) is 48.6 Å². The molecule has 2 amide bonds. The van der Waals surface area contributed by atoms with Crippen LogP contribution in [0.25, 0.3) is 17.7 Å². The zero-order valence-electron chi connectivity index (χ0n) is 10.8. The third kappa shape index (κ3) is 2.47. The van der Waals surface area contributed by atoms with Gasteiger partial charge >= 0.3 is 6.03 Å². The summed E-state index contributed by atoms with van der Waals surface area (Å²) in [4.78, 5) is 10.8. The predicted molar refractivity (Wildman–Crippen MR) is 83.0 cm³/mol. The fraction of sp³-hybridized carbons (Fsp3) is 0. The molecule has 3 nitrogen and oxygen atoms in total. The minimum absolute atomic E-state index is 0.552. The van der Waals surface area contributed by atoms with Gasteiger partial charge in [-0.25, -0.2) is 4.79 Å². The molecule has 0 aliphatic heterocycles. The van der Waals surface area contributed by atoms with Gasteiger partial charge < -0.3 is 11.1 Å². The molecule has 3 rings (SSSR count).